The molecule has 0 amide bonds. The van der Waals surface area contributed by atoms with Gasteiger partial charge < -0.3 is 15.0 Å². The van der Waals surface area contributed by atoms with E-state index in [1.165, 1.54) is 5.57 Å². The Kier molecular flexibility index (Phi) is 17.7. The molecule has 0 atom stereocenters. The molecule has 22 heavy (non-hydrogen) atoms. The maximum Gasteiger partial charge on any atom is 0.120 e. The van der Waals surface area contributed by atoms with Crippen LogP contribution in [0.15, 0.2) is 34.6 Å². The van der Waals surface area contributed by atoms with Crippen molar-refractivity contribution in [1.82, 2.24) is 10.2 Å². The van der Waals surface area contributed by atoms with Crippen LogP contribution in [0.2, 0.25) is 0 Å². The molecule has 0 aromatic carbocycles. The Hall–Kier alpha value is -0.770. The van der Waals surface area contributed by atoms with E-state index in [0.29, 0.717) is 6.61 Å². The van der Waals surface area contributed by atoms with Gasteiger partial charge in [-0.3, -0.25) is 0 Å². The third-order valence-corrected chi connectivity index (χ3v) is 3.04. The number of allylic oxidation sites excluding steroid dienone is 5. The summed E-state index contributed by atoms with van der Waals surface area (Å²) in [6.45, 7) is 10.9. The van der Waals surface area contributed by atoms with Crippen LogP contribution in [0.3, 0.4) is 0 Å². The zero-order chi connectivity index (χ0) is 17.4. The minimum absolute atomic E-state index is 0.689. The van der Waals surface area contributed by atoms with Gasteiger partial charge >= 0.3 is 0 Å². The summed E-state index contributed by atoms with van der Waals surface area (Å²) in [5, 5.41) is 3.78. The predicted octanol–water partition coefficient (Wildman–Crippen LogP) is 4.56. The van der Waals surface area contributed by atoms with E-state index in [1.807, 2.05) is 47.1 Å². The zero-order valence-electron chi connectivity index (χ0n) is 15.5. The van der Waals surface area contributed by atoms with Gasteiger partial charge in [0.05, 0.1) is 0 Å². The molecule has 0 aromatic rings. The largest absolute Gasteiger partial charge is 0.492 e. The normalized spacial score (nSPS) is 13.6. The summed E-state index contributed by atoms with van der Waals surface area (Å²) < 4.78 is 5.65. The molecule has 130 valence electrons. The molecular weight excluding hydrogens is 296 g/mol. The average molecular weight is 331 g/mol. The highest BCUT2D eigenvalue weighted by Gasteiger charge is 2.05. The number of halogens is 1. The van der Waals surface area contributed by atoms with Gasteiger partial charge in [0.2, 0.25) is 0 Å². The molecule has 0 unspecified atom stereocenters. The van der Waals surface area contributed by atoms with Crippen LogP contribution in [-0.4, -0.2) is 45.7 Å². The maximum absolute atomic E-state index is 6.12. The quantitative estimate of drug-likeness (QED) is 0.772. The Labute approximate surface area is 143 Å². The van der Waals surface area contributed by atoms with Crippen molar-refractivity contribution in [2.24, 2.45) is 0 Å². The van der Waals surface area contributed by atoms with Crippen LogP contribution >= 0.6 is 11.6 Å². The molecule has 1 aliphatic carbocycles. The number of hydrogen-bond acceptors (Lipinski definition) is 3. The Bertz CT molecular complexity index is 345. The van der Waals surface area contributed by atoms with Crippen molar-refractivity contribution < 1.29 is 4.74 Å². The summed E-state index contributed by atoms with van der Waals surface area (Å²) in [6, 6.07) is 0. The van der Waals surface area contributed by atoms with E-state index in [9.17, 15) is 0 Å². The molecule has 0 aromatic heterocycles. The number of rotatable bonds is 6. The molecule has 3 nitrogen and oxygen atoms in total. The maximum atomic E-state index is 6.12. The molecule has 4 heteroatoms. The highest BCUT2D eigenvalue weighted by atomic mass is 35.5. The third-order valence-electron chi connectivity index (χ3n) is 2.79. The van der Waals surface area contributed by atoms with Crippen molar-refractivity contribution in [1.29, 1.82) is 0 Å². The molecule has 0 bridgehead atoms. The predicted molar refractivity (Wildman–Crippen MR) is 100 cm³/mol. The lowest BCUT2D eigenvalue weighted by atomic mass is 10.1. The van der Waals surface area contributed by atoms with Crippen LogP contribution in [0.5, 0.6) is 0 Å². The lowest BCUT2D eigenvalue weighted by Crippen LogP contribution is -2.17. The fourth-order valence-electron chi connectivity index (χ4n) is 1.41. The van der Waals surface area contributed by atoms with E-state index in [1.54, 1.807) is 0 Å². The van der Waals surface area contributed by atoms with Crippen molar-refractivity contribution in [3.8, 4) is 0 Å². The number of ether oxygens (including phenoxy) is 1. The van der Waals surface area contributed by atoms with Crippen LogP contribution in [0.4, 0.5) is 0 Å². The first-order valence-electron chi connectivity index (χ1n) is 8.21. The highest BCUT2D eigenvalue weighted by Crippen LogP contribution is 2.23. The van der Waals surface area contributed by atoms with Crippen molar-refractivity contribution >= 4 is 11.6 Å². The first-order chi connectivity index (χ1) is 10.5. The Balaban J connectivity index is 0. The number of hydrogen-bond donors (Lipinski definition) is 1. The fraction of sp³-hybridized carbons (Fsp3) is 0.667. The van der Waals surface area contributed by atoms with Gasteiger partial charge in [-0.05, 0) is 46.3 Å². The summed E-state index contributed by atoms with van der Waals surface area (Å²) in [6.07, 6.45) is 7.90. The fourth-order valence-corrected chi connectivity index (χ4v) is 1.69. The van der Waals surface area contributed by atoms with Crippen molar-refractivity contribution in [3.63, 3.8) is 0 Å². The minimum Gasteiger partial charge on any atom is -0.492 e. The Morgan fingerprint density at radius 1 is 1.23 bits per heavy atom. The monoisotopic (exact) mass is 330 g/mol. The van der Waals surface area contributed by atoms with E-state index in [-0.39, 0.29) is 0 Å². The Morgan fingerprint density at radius 2 is 1.82 bits per heavy atom. The van der Waals surface area contributed by atoms with Gasteiger partial charge in [-0.15, -0.1) is 0 Å². The molecule has 1 aliphatic rings. The van der Waals surface area contributed by atoms with E-state index in [0.717, 1.165) is 36.7 Å². The number of nitrogens with zero attached hydrogens (tertiary/aromatic N) is 1. The Morgan fingerprint density at radius 3 is 2.27 bits per heavy atom. The first kappa shape index (κ1) is 23.5. The van der Waals surface area contributed by atoms with Crippen molar-refractivity contribution in [2.75, 3.05) is 40.8 Å². The molecule has 0 spiro atoms. The number of nitrogens with one attached hydrogen (secondary N) is 1. The molecule has 0 heterocycles. The second-order valence-corrected chi connectivity index (χ2v) is 5.36. The van der Waals surface area contributed by atoms with Crippen LogP contribution in [0.1, 0.15) is 40.5 Å². The van der Waals surface area contributed by atoms with Crippen molar-refractivity contribution in [3.05, 3.63) is 34.6 Å². The number of likely N-dealkylation sites (N-methyl/N-ethyl adjacent to an activating group) is 1. The van der Waals surface area contributed by atoms with E-state index < -0.39 is 0 Å². The second-order valence-electron chi connectivity index (χ2n) is 4.87. The minimum atomic E-state index is 0.689. The molecule has 1 rings (SSSR count). The van der Waals surface area contributed by atoms with Crippen LogP contribution in [0.25, 0.3) is 0 Å². The van der Waals surface area contributed by atoms with Gasteiger partial charge in [0.25, 0.3) is 0 Å². The summed E-state index contributed by atoms with van der Waals surface area (Å²) >= 11 is 6.12. The van der Waals surface area contributed by atoms with Gasteiger partial charge in [0.15, 0.2) is 0 Å². The summed E-state index contributed by atoms with van der Waals surface area (Å²) in [5.41, 5.74) is 1.34. The van der Waals surface area contributed by atoms with Crippen LogP contribution < -0.4 is 5.32 Å². The van der Waals surface area contributed by atoms with E-state index in [2.05, 4.69) is 30.1 Å². The summed E-state index contributed by atoms with van der Waals surface area (Å²) in [4.78, 5) is 2.09. The van der Waals surface area contributed by atoms with Crippen molar-refractivity contribution in [2.45, 2.75) is 40.5 Å². The van der Waals surface area contributed by atoms with E-state index in [4.69, 9.17) is 16.3 Å². The zero-order valence-corrected chi connectivity index (χ0v) is 16.3. The van der Waals surface area contributed by atoms with Gasteiger partial charge in [0, 0.05) is 18.0 Å². The lowest BCUT2D eigenvalue weighted by molar-refractivity contribution is 0.193. The van der Waals surface area contributed by atoms with Gasteiger partial charge in [-0.25, -0.2) is 0 Å². The summed E-state index contributed by atoms with van der Waals surface area (Å²) in [5.74, 6) is 0.857. The lowest BCUT2D eigenvalue weighted by Gasteiger charge is -2.11. The highest BCUT2D eigenvalue weighted by molar-refractivity contribution is 6.29. The van der Waals surface area contributed by atoms with Crippen LogP contribution in [0, 0.1) is 0 Å². The van der Waals surface area contributed by atoms with Gasteiger partial charge in [-0.1, -0.05) is 50.9 Å². The SMILES string of the molecule is CC.CCC1=CC=C(OCCN(C)C)C=C(Cl)C1.CCNC. The topological polar surface area (TPSA) is 24.5 Å². The molecule has 0 aliphatic heterocycles. The molecular formula is C18H35ClN2O. The van der Waals surface area contributed by atoms with Gasteiger partial charge in [0.1, 0.15) is 12.4 Å². The first-order valence-corrected chi connectivity index (χ1v) is 8.59. The molecule has 0 saturated heterocycles. The van der Waals surface area contributed by atoms with Crippen LogP contribution in [-0.2, 0) is 4.74 Å². The smallest absolute Gasteiger partial charge is 0.120 e. The van der Waals surface area contributed by atoms with E-state index >= 15 is 0 Å². The molecule has 0 saturated carbocycles. The molecule has 0 radical (unpaired) electrons. The third kappa shape index (κ3) is 14.2. The molecule has 1 N–H and O–H groups in total. The van der Waals surface area contributed by atoms with Gasteiger partial charge in [-0.2, -0.15) is 0 Å². The standard InChI is InChI=1S/C13H20ClNO.C3H9N.C2H6/c1-4-11-5-6-13(10-12(14)9-11)16-8-7-15(2)3;1-3-4-2;1-2/h5-6,10H,4,7-9H2,1-3H3;4H,3H2,1-2H3;1-2H3. The second kappa shape index (κ2) is 16.6. The average Bonchev–Trinajstić information content (AvgIpc) is 2.70. The summed E-state index contributed by atoms with van der Waals surface area (Å²) in [7, 11) is 5.99. The molecule has 0 fully saturated rings.